The molecule has 6 nitrogen and oxygen atoms in total. The molecule has 0 aliphatic rings. The number of hydrogen-bond acceptors (Lipinski definition) is 5. The molecule has 0 spiro atoms. The maximum Gasteiger partial charge on any atom is 0.322 e. The van der Waals surface area contributed by atoms with Gasteiger partial charge < -0.3 is 4.74 Å². The molecule has 0 unspecified atom stereocenters. The van der Waals surface area contributed by atoms with E-state index in [4.69, 9.17) is 4.74 Å². The van der Waals surface area contributed by atoms with E-state index < -0.39 is 34.5 Å². The number of esters is 1. The number of ether oxygens (including phenoxy) is 1. The van der Waals surface area contributed by atoms with Crippen LogP contribution in [0.15, 0.2) is 47.4 Å². The van der Waals surface area contributed by atoms with Crippen LogP contribution in [0.3, 0.4) is 0 Å². The summed E-state index contributed by atoms with van der Waals surface area (Å²) in [7, 11) is -2.78. The number of Topliss-reactive ketones (excluding diaryl/α,β-unsaturated/α-hetero) is 1. The monoisotopic (exact) mass is 407 g/mol. The van der Waals surface area contributed by atoms with Crippen LogP contribution in [-0.2, 0) is 19.6 Å². The lowest BCUT2D eigenvalue weighted by atomic mass is 10.0. The molecule has 2 rings (SSSR count). The van der Waals surface area contributed by atoms with Crippen molar-refractivity contribution >= 4 is 21.8 Å². The van der Waals surface area contributed by atoms with E-state index in [1.54, 1.807) is 18.2 Å². The zero-order chi connectivity index (χ0) is 21.1. The summed E-state index contributed by atoms with van der Waals surface area (Å²) in [5, 5.41) is 0. The Hall–Kier alpha value is -2.58. The van der Waals surface area contributed by atoms with E-state index in [9.17, 15) is 22.4 Å². The fraction of sp³-hybridized carbons (Fsp3) is 0.300. The highest BCUT2D eigenvalue weighted by Crippen LogP contribution is 2.16. The Bertz CT molecular complexity index is 986. The van der Waals surface area contributed by atoms with Gasteiger partial charge in [0.15, 0.2) is 6.10 Å². The zero-order valence-electron chi connectivity index (χ0n) is 16.1. The SMILES string of the molecule is Cc1ccc(C(=O)[C@H](C)OC(=O)CN(C)S(=O)(=O)c2ccc(F)cc2)cc1C. The van der Waals surface area contributed by atoms with Crippen LogP contribution >= 0.6 is 0 Å². The van der Waals surface area contributed by atoms with Gasteiger partial charge in [0.25, 0.3) is 0 Å². The number of benzene rings is 2. The van der Waals surface area contributed by atoms with Crippen molar-refractivity contribution in [2.75, 3.05) is 13.6 Å². The summed E-state index contributed by atoms with van der Waals surface area (Å²) < 4.78 is 43.7. The van der Waals surface area contributed by atoms with Crippen molar-refractivity contribution in [1.82, 2.24) is 4.31 Å². The Morgan fingerprint density at radius 2 is 1.68 bits per heavy atom. The summed E-state index contributed by atoms with van der Waals surface area (Å²) in [6.07, 6.45) is -1.06. The number of hydrogen-bond donors (Lipinski definition) is 0. The Labute approximate surface area is 164 Å². The maximum absolute atomic E-state index is 13.0. The van der Waals surface area contributed by atoms with Gasteiger partial charge in [-0.25, -0.2) is 12.8 Å². The number of nitrogens with zero attached hydrogens (tertiary/aromatic N) is 1. The molecule has 0 N–H and O–H groups in total. The first-order valence-electron chi connectivity index (χ1n) is 8.55. The Kier molecular flexibility index (Phi) is 6.69. The van der Waals surface area contributed by atoms with Crippen molar-refractivity contribution in [3.63, 3.8) is 0 Å². The first-order chi connectivity index (χ1) is 13.0. The number of aryl methyl sites for hydroxylation is 2. The summed E-state index contributed by atoms with van der Waals surface area (Å²) >= 11 is 0. The summed E-state index contributed by atoms with van der Waals surface area (Å²) in [5.74, 6) is -1.81. The second kappa shape index (κ2) is 8.62. The highest BCUT2D eigenvalue weighted by atomic mass is 32.2. The van der Waals surface area contributed by atoms with E-state index in [2.05, 4.69) is 0 Å². The topological polar surface area (TPSA) is 80.8 Å². The van der Waals surface area contributed by atoms with Gasteiger partial charge in [0.2, 0.25) is 15.8 Å². The van der Waals surface area contributed by atoms with E-state index >= 15 is 0 Å². The van der Waals surface area contributed by atoms with Crippen molar-refractivity contribution in [3.8, 4) is 0 Å². The lowest BCUT2D eigenvalue weighted by molar-refractivity contribution is -0.146. The highest BCUT2D eigenvalue weighted by Gasteiger charge is 2.26. The molecule has 28 heavy (non-hydrogen) atoms. The van der Waals surface area contributed by atoms with E-state index in [-0.39, 0.29) is 10.7 Å². The molecule has 0 amide bonds. The molecule has 0 heterocycles. The van der Waals surface area contributed by atoms with E-state index in [1.165, 1.54) is 14.0 Å². The van der Waals surface area contributed by atoms with Crippen molar-refractivity contribution in [2.45, 2.75) is 31.8 Å². The van der Waals surface area contributed by atoms with Crippen LogP contribution in [0.25, 0.3) is 0 Å². The number of rotatable bonds is 7. The number of sulfonamides is 1. The summed E-state index contributed by atoms with van der Waals surface area (Å²) in [5.41, 5.74) is 2.39. The fourth-order valence-electron chi connectivity index (χ4n) is 2.47. The van der Waals surface area contributed by atoms with Gasteiger partial charge in [0, 0.05) is 12.6 Å². The van der Waals surface area contributed by atoms with Crippen molar-refractivity contribution < 1.29 is 27.1 Å². The third-order valence-corrected chi connectivity index (χ3v) is 6.16. The summed E-state index contributed by atoms with van der Waals surface area (Å²) in [6.45, 7) is 4.65. The smallest absolute Gasteiger partial charge is 0.322 e. The average Bonchev–Trinajstić information content (AvgIpc) is 2.63. The molecule has 0 radical (unpaired) electrons. The maximum atomic E-state index is 13.0. The van der Waals surface area contributed by atoms with Crippen LogP contribution in [0.1, 0.15) is 28.4 Å². The van der Waals surface area contributed by atoms with Gasteiger partial charge in [0.05, 0.1) is 4.90 Å². The minimum Gasteiger partial charge on any atom is -0.453 e. The Morgan fingerprint density at radius 3 is 2.25 bits per heavy atom. The van der Waals surface area contributed by atoms with Gasteiger partial charge >= 0.3 is 5.97 Å². The molecular formula is C20H22FNO5S. The molecule has 150 valence electrons. The molecule has 0 aliphatic heterocycles. The molecule has 2 aromatic rings. The number of ketones is 1. The quantitative estimate of drug-likeness (QED) is 0.521. The molecule has 0 aliphatic carbocycles. The van der Waals surface area contributed by atoms with Gasteiger partial charge in [-0.05, 0) is 62.2 Å². The second-order valence-corrected chi connectivity index (χ2v) is 8.56. The fourth-order valence-corrected chi connectivity index (χ4v) is 3.59. The molecule has 0 fully saturated rings. The first kappa shape index (κ1) is 21.7. The largest absolute Gasteiger partial charge is 0.453 e. The van der Waals surface area contributed by atoms with Crippen molar-refractivity contribution in [3.05, 3.63) is 65.0 Å². The number of carbonyl (C=O) groups excluding carboxylic acids is 2. The lowest BCUT2D eigenvalue weighted by Gasteiger charge is -2.18. The number of halogens is 1. The standard InChI is InChI=1S/C20H22FNO5S/c1-13-5-6-16(11-14(13)2)20(24)15(3)27-19(23)12-22(4)28(25,26)18-9-7-17(21)8-10-18/h5-11,15H,12H2,1-4H3/t15-/m0/s1. The molecule has 0 bridgehead atoms. The summed E-state index contributed by atoms with van der Waals surface area (Å²) in [6, 6.07) is 9.43. The Balaban J connectivity index is 2.02. The third-order valence-electron chi connectivity index (χ3n) is 4.34. The lowest BCUT2D eigenvalue weighted by Crippen LogP contribution is -2.35. The molecule has 1 atom stereocenters. The minimum atomic E-state index is -3.99. The van der Waals surface area contributed by atoms with Gasteiger partial charge in [-0.3, -0.25) is 9.59 Å². The van der Waals surface area contributed by atoms with Crippen LogP contribution in [-0.4, -0.2) is 44.2 Å². The van der Waals surface area contributed by atoms with E-state index in [0.29, 0.717) is 5.56 Å². The van der Waals surface area contributed by atoms with Gasteiger partial charge in [-0.15, -0.1) is 0 Å². The van der Waals surface area contributed by atoms with Crippen LogP contribution in [0.2, 0.25) is 0 Å². The number of likely N-dealkylation sites (N-methyl/N-ethyl adjacent to an activating group) is 1. The van der Waals surface area contributed by atoms with Gasteiger partial charge in [-0.2, -0.15) is 4.31 Å². The minimum absolute atomic E-state index is 0.150. The van der Waals surface area contributed by atoms with Gasteiger partial charge in [0.1, 0.15) is 12.4 Å². The first-order valence-corrected chi connectivity index (χ1v) is 9.99. The molecule has 0 saturated carbocycles. The van der Waals surface area contributed by atoms with Crippen LogP contribution in [0, 0.1) is 19.7 Å². The van der Waals surface area contributed by atoms with E-state index in [0.717, 1.165) is 39.7 Å². The molecule has 0 aromatic heterocycles. The van der Waals surface area contributed by atoms with E-state index in [1.807, 2.05) is 13.8 Å². The molecule has 0 saturated heterocycles. The van der Waals surface area contributed by atoms with Crippen molar-refractivity contribution in [2.24, 2.45) is 0 Å². The molecule has 2 aromatic carbocycles. The third kappa shape index (κ3) is 5.02. The van der Waals surface area contributed by atoms with Crippen LogP contribution < -0.4 is 0 Å². The molecule has 8 heteroatoms. The Morgan fingerprint density at radius 1 is 1.07 bits per heavy atom. The van der Waals surface area contributed by atoms with Crippen LogP contribution in [0.4, 0.5) is 4.39 Å². The van der Waals surface area contributed by atoms with Crippen LogP contribution in [0.5, 0.6) is 0 Å². The van der Waals surface area contributed by atoms with Crippen molar-refractivity contribution in [1.29, 1.82) is 0 Å². The van der Waals surface area contributed by atoms with Gasteiger partial charge in [-0.1, -0.05) is 12.1 Å². The summed E-state index contributed by atoms with van der Waals surface area (Å²) in [4.78, 5) is 24.4. The molecular weight excluding hydrogens is 385 g/mol. The highest BCUT2D eigenvalue weighted by molar-refractivity contribution is 7.89. The average molecular weight is 407 g/mol. The predicted octanol–water partition coefficient (Wildman–Crippen LogP) is 2.88. The normalized spacial score (nSPS) is 12.6. The zero-order valence-corrected chi connectivity index (χ0v) is 16.9. The predicted molar refractivity (Wildman–Crippen MR) is 102 cm³/mol. The second-order valence-electron chi connectivity index (χ2n) is 6.51. The number of carbonyl (C=O) groups is 2.